The van der Waals surface area contributed by atoms with Gasteiger partial charge in [-0.25, -0.2) is 4.79 Å². The van der Waals surface area contributed by atoms with Crippen molar-refractivity contribution in [2.45, 2.75) is 6.92 Å². The van der Waals surface area contributed by atoms with E-state index in [1.807, 2.05) is 30.3 Å². The van der Waals surface area contributed by atoms with Gasteiger partial charge in [0.15, 0.2) is 0 Å². The summed E-state index contributed by atoms with van der Waals surface area (Å²) in [6.45, 7) is 1.66. The third-order valence-corrected chi connectivity index (χ3v) is 2.59. The number of nitrogens with zero attached hydrogens (tertiary/aromatic N) is 1. The SMILES string of the molecule is CC(=O)ON=C(COC[S+](C)C)c1ccccc1.F[B-](F)(F)F. The molecule has 23 heavy (non-hydrogen) atoms. The molecule has 0 N–H and O–H groups in total. The third-order valence-electron chi connectivity index (χ3n) is 1.95. The van der Waals surface area contributed by atoms with E-state index in [-0.39, 0.29) is 10.9 Å². The number of hydrogen-bond acceptors (Lipinski definition) is 4. The van der Waals surface area contributed by atoms with Crippen LogP contribution in [0.1, 0.15) is 12.5 Å². The summed E-state index contributed by atoms with van der Waals surface area (Å²) < 4.78 is 44.5. The molecule has 1 rings (SSSR count). The van der Waals surface area contributed by atoms with Crippen LogP contribution in [-0.4, -0.2) is 44.0 Å². The van der Waals surface area contributed by atoms with Crippen LogP contribution in [0.5, 0.6) is 0 Å². The highest BCUT2D eigenvalue weighted by molar-refractivity contribution is 7.95. The molecule has 0 unspecified atom stereocenters. The van der Waals surface area contributed by atoms with E-state index in [0.717, 1.165) is 5.56 Å². The quantitative estimate of drug-likeness (QED) is 0.197. The van der Waals surface area contributed by atoms with Gasteiger partial charge in [0.25, 0.3) is 0 Å². The van der Waals surface area contributed by atoms with Crippen LogP contribution in [0.25, 0.3) is 0 Å². The van der Waals surface area contributed by atoms with E-state index in [9.17, 15) is 22.1 Å². The zero-order chi connectivity index (χ0) is 17.9. The molecule has 0 aliphatic heterocycles. The van der Waals surface area contributed by atoms with E-state index < -0.39 is 13.2 Å². The number of carbonyl (C=O) groups is 1. The molecule has 0 heterocycles. The summed E-state index contributed by atoms with van der Waals surface area (Å²) >= 11 is 0. The Bertz CT molecular complexity index is 492. The number of ether oxygens (including phenoxy) is 1. The lowest BCUT2D eigenvalue weighted by Gasteiger charge is -2.06. The van der Waals surface area contributed by atoms with E-state index in [2.05, 4.69) is 22.5 Å². The number of carbonyl (C=O) groups excluding carboxylic acids is 1. The summed E-state index contributed by atoms with van der Waals surface area (Å²) in [5.74, 6) is 0.237. The first-order valence-electron chi connectivity index (χ1n) is 6.38. The lowest BCUT2D eigenvalue weighted by atomic mass is 10.1. The zero-order valence-corrected chi connectivity index (χ0v) is 13.8. The molecular weight excluding hydrogens is 337 g/mol. The Kier molecular flexibility index (Phi) is 10.3. The highest BCUT2D eigenvalue weighted by Crippen LogP contribution is 2.06. The smallest absolute Gasteiger partial charge is 0.418 e. The minimum Gasteiger partial charge on any atom is -0.418 e. The first-order chi connectivity index (χ1) is 10.6. The van der Waals surface area contributed by atoms with Gasteiger partial charge in [0, 0.05) is 23.4 Å². The lowest BCUT2D eigenvalue weighted by molar-refractivity contribution is -0.140. The topological polar surface area (TPSA) is 47.9 Å². The normalized spacial score (nSPS) is 11.7. The Morgan fingerprint density at radius 3 is 2.13 bits per heavy atom. The van der Waals surface area contributed by atoms with Crippen molar-refractivity contribution in [1.82, 2.24) is 0 Å². The molecule has 0 radical (unpaired) electrons. The molecule has 1 aromatic carbocycles. The summed E-state index contributed by atoms with van der Waals surface area (Å²) in [5, 5.41) is 3.84. The summed E-state index contributed by atoms with van der Waals surface area (Å²) in [6, 6.07) is 9.54. The van der Waals surface area contributed by atoms with Gasteiger partial charge < -0.3 is 26.8 Å². The molecule has 0 bridgehead atoms. The van der Waals surface area contributed by atoms with Crippen molar-refractivity contribution in [3.8, 4) is 0 Å². The van der Waals surface area contributed by atoms with Crippen molar-refractivity contribution >= 4 is 29.8 Å². The van der Waals surface area contributed by atoms with Crippen LogP contribution >= 0.6 is 0 Å². The number of oxime groups is 1. The van der Waals surface area contributed by atoms with Gasteiger partial charge >= 0.3 is 13.2 Å². The fourth-order valence-electron chi connectivity index (χ4n) is 1.22. The highest BCUT2D eigenvalue weighted by Gasteiger charge is 2.20. The number of rotatable bonds is 6. The first kappa shape index (κ1) is 21.5. The van der Waals surface area contributed by atoms with Crippen LogP contribution in [-0.2, 0) is 25.3 Å². The van der Waals surface area contributed by atoms with Crippen molar-refractivity contribution in [1.29, 1.82) is 0 Å². The van der Waals surface area contributed by atoms with Gasteiger partial charge in [-0.05, 0) is 0 Å². The van der Waals surface area contributed by atoms with Gasteiger partial charge in [0.05, 0.1) is 19.1 Å². The van der Waals surface area contributed by atoms with Crippen LogP contribution in [0.15, 0.2) is 35.5 Å². The third kappa shape index (κ3) is 15.1. The van der Waals surface area contributed by atoms with Crippen molar-refractivity contribution in [2.24, 2.45) is 5.16 Å². The molecule has 1 aromatic rings. The van der Waals surface area contributed by atoms with Gasteiger partial charge in [-0.3, -0.25) is 0 Å². The number of hydrogen-bond donors (Lipinski definition) is 0. The van der Waals surface area contributed by atoms with Crippen LogP contribution in [0.4, 0.5) is 17.3 Å². The van der Waals surface area contributed by atoms with Crippen LogP contribution in [0.2, 0.25) is 0 Å². The largest absolute Gasteiger partial charge is 0.673 e. The molecule has 0 atom stereocenters. The van der Waals surface area contributed by atoms with Crippen molar-refractivity contribution < 1.29 is 31.6 Å². The van der Waals surface area contributed by atoms with E-state index in [1.54, 1.807) is 0 Å². The molecule has 0 saturated carbocycles. The Balaban J connectivity index is 0.000000841. The Morgan fingerprint density at radius 1 is 1.17 bits per heavy atom. The predicted octanol–water partition coefficient (Wildman–Crippen LogP) is 3.11. The van der Waals surface area contributed by atoms with Crippen LogP contribution in [0, 0.1) is 0 Å². The van der Waals surface area contributed by atoms with Crippen LogP contribution in [0.3, 0.4) is 0 Å². The summed E-state index contributed by atoms with van der Waals surface area (Å²) in [6.07, 6.45) is 4.21. The fraction of sp³-hybridized carbons (Fsp3) is 0.385. The molecule has 0 aromatic heterocycles. The molecule has 0 spiro atoms. The molecule has 10 heteroatoms. The zero-order valence-electron chi connectivity index (χ0n) is 13.0. The Labute approximate surface area is 135 Å². The molecule has 0 amide bonds. The minimum absolute atomic E-state index is 0.214. The average Bonchev–Trinajstić information content (AvgIpc) is 2.41. The Hall–Kier alpha value is -1.55. The second-order valence-corrected chi connectivity index (χ2v) is 6.64. The maximum atomic E-state index is 10.8. The van der Waals surface area contributed by atoms with Gasteiger partial charge in [0.2, 0.25) is 5.94 Å². The van der Waals surface area contributed by atoms with Gasteiger partial charge in [-0.15, -0.1) is 0 Å². The minimum atomic E-state index is -6.00. The maximum absolute atomic E-state index is 10.8. The summed E-state index contributed by atoms with van der Waals surface area (Å²) in [7, 11) is -5.79. The summed E-state index contributed by atoms with van der Waals surface area (Å²) in [5.41, 5.74) is 1.52. The van der Waals surface area contributed by atoms with E-state index in [0.29, 0.717) is 18.3 Å². The molecule has 0 fully saturated rings. The molecule has 0 aliphatic rings. The second kappa shape index (κ2) is 11.1. The number of benzene rings is 1. The second-order valence-electron chi connectivity index (χ2n) is 4.43. The number of halogens is 4. The van der Waals surface area contributed by atoms with Crippen molar-refractivity contribution in [3.05, 3.63) is 35.9 Å². The molecule has 0 saturated heterocycles. The van der Waals surface area contributed by atoms with Crippen LogP contribution < -0.4 is 0 Å². The molecule has 4 nitrogen and oxygen atoms in total. The highest BCUT2D eigenvalue weighted by atomic mass is 32.2. The lowest BCUT2D eigenvalue weighted by Crippen LogP contribution is -2.15. The first-order valence-corrected chi connectivity index (χ1v) is 8.59. The molecule has 0 aliphatic carbocycles. The summed E-state index contributed by atoms with van der Waals surface area (Å²) in [4.78, 5) is 15.5. The van der Waals surface area contributed by atoms with E-state index in [1.165, 1.54) is 6.92 Å². The predicted molar refractivity (Wildman–Crippen MR) is 85.0 cm³/mol. The monoisotopic (exact) mass is 355 g/mol. The van der Waals surface area contributed by atoms with Gasteiger partial charge in [-0.2, -0.15) is 0 Å². The van der Waals surface area contributed by atoms with E-state index in [4.69, 9.17) is 4.74 Å². The standard InChI is InChI=1S/C13H18NO3S.BF4/c1-11(15)17-14-13(9-16-10-18(2)3)12-7-5-4-6-8-12;2-1(3,4)5/h4-8H,9-10H2,1-3H3;/q+1;-1. The van der Waals surface area contributed by atoms with Gasteiger partial charge in [-0.1, -0.05) is 35.5 Å². The fourth-order valence-corrected chi connectivity index (χ4v) is 1.63. The molecular formula is C13H18BF4NO3S. The van der Waals surface area contributed by atoms with Crippen molar-refractivity contribution in [2.75, 3.05) is 25.1 Å². The average molecular weight is 355 g/mol. The van der Waals surface area contributed by atoms with Crippen molar-refractivity contribution in [3.63, 3.8) is 0 Å². The van der Waals surface area contributed by atoms with Gasteiger partial charge in [0.1, 0.15) is 5.71 Å². The Morgan fingerprint density at radius 2 is 1.70 bits per heavy atom. The molecule has 130 valence electrons. The maximum Gasteiger partial charge on any atom is 0.673 e. The van der Waals surface area contributed by atoms with E-state index >= 15 is 0 Å².